The Balaban J connectivity index is 0.00000385. The van der Waals surface area contributed by atoms with E-state index in [0.29, 0.717) is 6.07 Å². The van der Waals surface area contributed by atoms with Gasteiger partial charge < -0.3 is 10.2 Å². The van der Waals surface area contributed by atoms with Gasteiger partial charge in [-0.2, -0.15) is 26.6 Å². The Morgan fingerprint density at radius 3 is 2.00 bits per heavy atom. The number of nitrogens with zero attached hydrogens (tertiary/aromatic N) is 4. The van der Waals surface area contributed by atoms with Crippen molar-refractivity contribution in [3.8, 4) is 11.6 Å². The van der Waals surface area contributed by atoms with Crippen LogP contribution in [-0.2, 0) is 20.2 Å². The quantitative estimate of drug-likeness (QED) is 0.216. The molecule has 0 unspecified atom stereocenters. The number of carboxylic acids is 1. The van der Waals surface area contributed by atoms with Gasteiger partial charge in [0.05, 0.1) is 26.7 Å². The van der Waals surface area contributed by atoms with E-state index in [-0.39, 0.29) is 57.2 Å². The van der Waals surface area contributed by atoms with Gasteiger partial charge in [-0.3, -0.25) is 9.11 Å². The van der Waals surface area contributed by atoms with E-state index in [1.807, 2.05) is 0 Å². The molecule has 33 heavy (non-hydrogen) atoms. The number of azo groups is 1. The first kappa shape index (κ1) is 26.6. The number of hydrogen-bond acceptors (Lipinski definition) is 9. The van der Waals surface area contributed by atoms with Crippen LogP contribution >= 0.6 is 0 Å². The molecule has 2 aromatic carbocycles. The number of rotatable bonds is 6. The fourth-order valence-corrected chi connectivity index (χ4v) is 3.59. The third-order valence-corrected chi connectivity index (χ3v) is 5.86. The van der Waals surface area contributed by atoms with Crippen molar-refractivity contribution in [2.75, 3.05) is 0 Å². The summed E-state index contributed by atoms with van der Waals surface area (Å²) in [4.78, 5) is 10.4. The number of aromatic carboxylic acids is 1. The Hall–Kier alpha value is -2.66. The van der Waals surface area contributed by atoms with Crippen LogP contribution in [0, 0.1) is 6.92 Å². The molecule has 4 N–H and O–H groups in total. The van der Waals surface area contributed by atoms with E-state index >= 15 is 0 Å². The third-order valence-electron chi connectivity index (χ3n) is 4.14. The fourth-order valence-electron chi connectivity index (χ4n) is 2.60. The van der Waals surface area contributed by atoms with Crippen LogP contribution in [-0.4, -0.2) is 81.5 Å². The van der Waals surface area contributed by atoms with Crippen molar-refractivity contribution in [1.82, 2.24) is 9.78 Å². The summed E-state index contributed by atoms with van der Waals surface area (Å²) >= 11 is 0. The minimum atomic E-state index is -4.64. The molecule has 0 radical (unpaired) electrons. The number of hydrogen-bond donors (Lipinski definition) is 4. The van der Waals surface area contributed by atoms with E-state index in [1.165, 1.54) is 19.1 Å². The van der Waals surface area contributed by atoms with E-state index in [9.17, 15) is 31.8 Å². The summed E-state index contributed by atoms with van der Waals surface area (Å²) < 4.78 is 63.8. The van der Waals surface area contributed by atoms with Crippen LogP contribution in [0.15, 0.2) is 62.5 Å². The van der Waals surface area contributed by atoms with Gasteiger partial charge in [0.1, 0.15) is 5.69 Å². The molecule has 0 aliphatic heterocycles. The van der Waals surface area contributed by atoms with Gasteiger partial charge in [0.2, 0.25) is 5.88 Å². The maximum atomic E-state index is 11.4. The van der Waals surface area contributed by atoms with Crippen LogP contribution in [0.4, 0.5) is 11.4 Å². The second-order valence-electron chi connectivity index (χ2n) is 6.30. The summed E-state index contributed by atoms with van der Waals surface area (Å²) in [6.07, 6.45) is 0. The number of aromatic nitrogens is 2. The number of aromatic hydroxyl groups is 1. The Bertz CT molecular complexity index is 1460. The van der Waals surface area contributed by atoms with Gasteiger partial charge in [-0.1, -0.05) is 0 Å². The number of benzene rings is 2. The number of carboxylic acid groups (broad SMARTS) is 1. The van der Waals surface area contributed by atoms with Crippen molar-refractivity contribution < 1.29 is 40.9 Å². The predicted molar refractivity (Wildman–Crippen MR) is 114 cm³/mol. The standard InChI is InChI=1S/C17H14N4O9S2.Na.H/c1-9-15(16(22)21(20-9)10-2-4-11(5-3-10)31(25,26)27)19-18-14-7-6-12(32(28,29)30)8-13(14)17(23)24;;/h2-8,22H,1H3,(H,23,24)(H,25,26,27)(H,28,29,30);;. The Morgan fingerprint density at radius 1 is 0.939 bits per heavy atom. The predicted octanol–water partition coefficient (Wildman–Crippen LogP) is 1.84. The number of aryl methyl sites for hydroxylation is 1. The SMILES string of the molecule is Cc1nn(-c2ccc(S(=O)(=O)O)cc2)c(O)c1N=Nc1ccc(S(=O)(=O)O)cc1C(=O)O.[NaH]. The van der Waals surface area contributed by atoms with Crippen molar-refractivity contribution in [2.45, 2.75) is 16.7 Å². The van der Waals surface area contributed by atoms with Crippen LogP contribution in [0.25, 0.3) is 5.69 Å². The molecule has 1 heterocycles. The van der Waals surface area contributed by atoms with Crippen LogP contribution in [0.3, 0.4) is 0 Å². The van der Waals surface area contributed by atoms with Gasteiger partial charge in [-0.15, -0.1) is 10.2 Å². The van der Waals surface area contributed by atoms with Crippen molar-refractivity contribution in [3.05, 3.63) is 53.7 Å². The molecule has 170 valence electrons. The zero-order valence-corrected chi connectivity index (χ0v) is 17.6. The molecule has 1 aromatic heterocycles. The van der Waals surface area contributed by atoms with Crippen LogP contribution in [0.1, 0.15) is 16.1 Å². The summed E-state index contributed by atoms with van der Waals surface area (Å²) in [6.45, 7) is 1.47. The zero-order valence-electron chi connectivity index (χ0n) is 16.0. The molecule has 3 rings (SSSR count). The molecule has 0 saturated heterocycles. The van der Waals surface area contributed by atoms with Crippen molar-refractivity contribution in [3.63, 3.8) is 0 Å². The van der Waals surface area contributed by atoms with Crippen LogP contribution < -0.4 is 0 Å². The molecule has 0 fully saturated rings. The topological polar surface area (TPSA) is 209 Å². The van der Waals surface area contributed by atoms with Crippen LogP contribution in [0.5, 0.6) is 5.88 Å². The molecule has 3 aromatic rings. The molecular formula is C17H15N4NaO9S2. The molecule has 13 nitrogen and oxygen atoms in total. The Kier molecular flexibility index (Phi) is 7.80. The van der Waals surface area contributed by atoms with Gasteiger partial charge in [0, 0.05) is 0 Å². The summed E-state index contributed by atoms with van der Waals surface area (Å²) in [6, 6.07) is 7.39. The zero-order chi connectivity index (χ0) is 23.8. The van der Waals surface area contributed by atoms with Gasteiger partial charge in [0.15, 0.2) is 5.69 Å². The number of carbonyl (C=O) groups is 1. The van der Waals surface area contributed by atoms with Crippen molar-refractivity contribution >= 4 is 67.1 Å². The second-order valence-corrected chi connectivity index (χ2v) is 9.14. The van der Waals surface area contributed by atoms with Gasteiger partial charge in [0.25, 0.3) is 20.2 Å². The molecule has 0 amide bonds. The van der Waals surface area contributed by atoms with Gasteiger partial charge >= 0.3 is 35.5 Å². The average molecular weight is 506 g/mol. The van der Waals surface area contributed by atoms with Gasteiger partial charge in [-0.25, -0.2) is 4.79 Å². The monoisotopic (exact) mass is 506 g/mol. The van der Waals surface area contributed by atoms with E-state index < -0.39 is 42.5 Å². The minimum absolute atomic E-state index is 0. The molecule has 16 heteroatoms. The first-order valence-corrected chi connectivity index (χ1v) is 11.3. The Morgan fingerprint density at radius 2 is 1.48 bits per heavy atom. The molecule has 0 atom stereocenters. The van der Waals surface area contributed by atoms with E-state index in [0.717, 1.165) is 28.9 Å². The van der Waals surface area contributed by atoms with Crippen molar-refractivity contribution in [1.29, 1.82) is 0 Å². The third kappa shape index (κ3) is 5.83. The molecule has 0 aliphatic carbocycles. The van der Waals surface area contributed by atoms with E-state index in [4.69, 9.17) is 9.11 Å². The van der Waals surface area contributed by atoms with Crippen LogP contribution in [0.2, 0.25) is 0 Å². The summed E-state index contributed by atoms with van der Waals surface area (Å²) in [5.74, 6) is -2.03. The maximum absolute atomic E-state index is 11.4. The first-order valence-electron chi connectivity index (χ1n) is 8.42. The molecule has 0 spiro atoms. The molecule has 0 bridgehead atoms. The normalized spacial score (nSPS) is 12.0. The summed E-state index contributed by atoms with van der Waals surface area (Å²) in [7, 11) is -9.04. The van der Waals surface area contributed by atoms with Crippen molar-refractivity contribution in [2.24, 2.45) is 10.2 Å². The summed E-state index contributed by atoms with van der Waals surface area (Å²) in [5.41, 5.74) is -0.554. The van der Waals surface area contributed by atoms with Gasteiger partial charge in [-0.05, 0) is 49.4 Å². The molecular weight excluding hydrogens is 491 g/mol. The van der Waals surface area contributed by atoms with E-state index in [2.05, 4.69) is 15.3 Å². The summed E-state index contributed by atoms with van der Waals surface area (Å²) in [5, 5.41) is 31.3. The Labute approximate surface area is 209 Å². The first-order chi connectivity index (χ1) is 14.8. The second kappa shape index (κ2) is 9.68. The molecule has 0 saturated carbocycles. The van der Waals surface area contributed by atoms with E-state index in [1.54, 1.807) is 0 Å². The average Bonchev–Trinajstić information content (AvgIpc) is 2.98. The fraction of sp³-hybridized carbons (Fsp3) is 0.0588. The molecule has 0 aliphatic rings.